The Bertz CT molecular complexity index is 959. The second kappa shape index (κ2) is 17.3. The summed E-state index contributed by atoms with van der Waals surface area (Å²) < 4.78 is 0. The number of rotatable bonds is 11. The summed E-state index contributed by atoms with van der Waals surface area (Å²) in [6, 6.07) is 11.3. The summed E-state index contributed by atoms with van der Waals surface area (Å²) in [7, 11) is 0. The Morgan fingerprint density at radius 1 is 0.917 bits per heavy atom. The van der Waals surface area contributed by atoms with Crippen molar-refractivity contribution < 1.29 is 4.79 Å². The summed E-state index contributed by atoms with van der Waals surface area (Å²) in [5.41, 5.74) is 10.5. The molecule has 200 valence electrons. The molecule has 1 aliphatic rings. The molecule has 0 spiro atoms. The average molecular weight is 491 g/mol. The highest BCUT2D eigenvalue weighted by atomic mass is 16.1. The van der Waals surface area contributed by atoms with Crippen LogP contribution in [0.5, 0.6) is 0 Å². The van der Waals surface area contributed by atoms with Gasteiger partial charge in [-0.3, -0.25) is 4.79 Å². The van der Waals surface area contributed by atoms with Crippen LogP contribution in [0.25, 0.3) is 16.7 Å². The van der Waals surface area contributed by atoms with Crippen LogP contribution in [-0.4, -0.2) is 5.78 Å². The number of hydrogen-bond acceptors (Lipinski definition) is 1. The van der Waals surface area contributed by atoms with Crippen molar-refractivity contribution in [1.29, 1.82) is 0 Å². The summed E-state index contributed by atoms with van der Waals surface area (Å²) in [5.74, 6) is 1.14. The number of ketones is 1. The molecule has 0 radical (unpaired) electrons. The number of benzene rings is 2. The third-order valence-corrected chi connectivity index (χ3v) is 7.45. The van der Waals surface area contributed by atoms with Crippen molar-refractivity contribution in [1.82, 2.24) is 0 Å². The van der Waals surface area contributed by atoms with Gasteiger partial charge in [-0.05, 0) is 90.0 Å². The molecule has 0 heterocycles. The normalized spacial score (nSPS) is 12.6. The number of carbonyl (C=O) groups is 1. The fourth-order valence-electron chi connectivity index (χ4n) is 5.29. The highest BCUT2D eigenvalue weighted by Crippen LogP contribution is 2.39. The van der Waals surface area contributed by atoms with E-state index < -0.39 is 0 Å². The van der Waals surface area contributed by atoms with E-state index in [0.717, 1.165) is 37.2 Å². The molecule has 1 nitrogen and oxygen atoms in total. The topological polar surface area (TPSA) is 17.1 Å². The molecular formula is C35H54O. The molecule has 1 aliphatic carbocycles. The maximum Gasteiger partial charge on any atom is 0.163 e. The fraction of sp³-hybridized carbons (Fsp3) is 0.571. The zero-order valence-electron chi connectivity index (χ0n) is 25.0. The van der Waals surface area contributed by atoms with E-state index in [1.54, 1.807) is 0 Å². The number of unbranched alkanes of at least 4 members (excludes halogenated alkanes) is 1. The van der Waals surface area contributed by atoms with Gasteiger partial charge in [0, 0.05) is 12.0 Å². The summed E-state index contributed by atoms with van der Waals surface area (Å²) in [6.45, 7) is 19.3. The minimum Gasteiger partial charge on any atom is -0.294 e. The third kappa shape index (κ3) is 8.19. The lowest BCUT2D eigenvalue weighted by Gasteiger charge is -2.19. The van der Waals surface area contributed by atoms with Crippen molar-refractivity contribution in [3.63, 3.8) is 0 Å². The van der Waals surface area contributed by atoms with Crippen LogP contribution in [0.3, 0.4) is 0 Å². The van der Waals surface area contributed by atoms with Crippen LogP contribution in [-0.2, 0) is 12.8 Å². The molecule has 0 fully saturated rings. The summed E-state index contributed by atoms with van der Waals surface area (Å²) >= 11 is 0. The molecule has 0 aromatic heterocycles. The molecule has 0 amide bonds. The SMILES string of the molecule is CC.CC.CCC/C=C(\CC)c1ccc(C)c(-c2c(CCCC(CC)CC)ccc3c2CCC3=O)c1. The molecule has 0 atom stereocenters. The van der Waals surface area contributed by atoms with Gasteiger partial charge in [0.05, 0.1) is 0 Å². The monoisotopic (exact) mass is 490 g/mol. The Kier molecular flexibility index (Phi) is 15.3. The number of aryl methyl sites for hydroxylation is 2. The minimum absolute atomic E-state index is 0.315. The van der Waals surface area contributed by atoms with E-state index in [1.165, 1.54) is 71.1 Å². The first-order valence-corrected chi connectivity index (χ1v) is 15.0. The van der Waals surface area contributed by atoms with Crippen LogP contribution >= 0.6 is 0 Å². The van der Waals surface area contributed by atoms with Crippen molar-refractivity contribution in [3.8, 4) is 11.1 Å². The third-order valence-electron chi connectivity index (χ3n) is 7.45. The number of Topliss-reactive ketones (excluding diaryl/α,β-unsaturated/α-hetero) is 1. The first-order valence-electron chi connectivity index (χ1n) is 15.0. The molecule has 36 heavy (non-hydrogen) atoms. The van der Waals surface area contributed by atoms with Crippen molar-refractivity contribution in [2.75, 3.05) is 0 Å². The highest BCUT2D eigenvalue weighted by Gasteiger charge is 2.25. The van der Waals surface area contributed by atoms with Gasteiger partial charge in [0.1, 0.15) is 0 Å². The Balaban J connectivity index is 0.00000154. The number of allylic oxidation sites excluding steroid dienone is 2. The van der Waals surface area contributed by atoms with Gasteiger partial charge in [-0.1, -0.05) is 111 Å². The first kappa shape index (κ1) is 31.9. The van der Waals surface area contributed by atoms with Crippen LogP contribution in [0.1, 0.15) is 139 Å². The van der Waals surface area contributed by atoms with Crippen molar-refractivity contribution in [2.24, 2.45) is 5.92 Å². The minimum atomic E-state index is 0.315. The van der Waals surface area contributed by atoms with Gasteiger partial charge in [0.15, 0.2) is 5.78 Å². The Hall–Kier alpha value is -2.15. The van der Waals surface area contributed by atoms with Gasteiger partial charge in [0.25, 0.3) is 0 Å². The van der Waals surface area contributed by atoms with Gasteiger partial charge in [-0.15, -0.1) is 0 Å². The smallest absolute Gasteiger partial charge is 0.163 e. The predicted molar refractivity (Wildman–Crippen MR) is 162 cm³/mol. The second-order valence-electron chi connectivity index (χ2n) is 9.53. The summed E-state index contributed by atoms with van der Waals surface area (Å²) in [4.78, 5) is 12.6. The molecule has 2 aromatic rings. The Morgan fingerprint density at radius 3 is 2.22 bits per heavy atom. The number of fused-ring (bicyclic) bond motifs is 1. The van der Waals surface area contributed by atoms with E-state index in [-0.39, 0.29) is 0 Å². The largest absolute Gasteiger partial charge is 0.294 e. The van der Waals surface area contributed by atoms with E-state index in [1.807, 2.05) is 27.7 Å². The van der Waals surface area contributed by atoms with Gasteiger partial charge in [0.2, 0.25) is 0 Å². The molecular weight excluding hydrogens is 436 g/mol. The van der Waals surface area contributed by atoms with Crippen LogP contribution < -0.4 is 0 Å². The van der Waals surface area contributed by atoms with Crippen LogP contribution in [0, 0.1) is 12.8 Å². The molecule has 0 saturated heterocycles. The molecule has 0 aliphatic heterocycles. The lowest BCUT2D eigenvalue weighted by molar-refractivity contribution is 0.0994. The Morgan fingerprint density at radius 2 is 1.61 bits per heavy atom. The second-order valence-corrected chi connectivity index (χ2v) is 9.53. The summed E-state index contributed by atoms with van der Waals surface area (Å²) in [5, 5.41) is 0. The maximum atomic E-state index is 12.6. The molecule has 0 saturated carbocycles. The summed E-state index contributed by atoms with van der Waals surface area (Å²) in [6.07, 6.45) is 13.5. The fourth-order valence-corrected chi connectivity index (χ4v) is 5.29. The maximum absolute atomic E-state index is 12.6. The highest BCUT2D eigenvalue weighted by molar-refractivity contribution is 6.03. The van der Waals surface area contributed by atoms with E-state index in [0.29, 0.717) is 12.2 Å². The van der Waals surface area contributed by atoms with Gasteiger partial charge >= 0.3 is 0 Å². The lowest BCUT2D eigenvalue weighted by atomic mass is 9.85. The van der Waals surface area contributed by atoms with Crippen molar-refractivity contribution in [3.05, 3.63) is 64.2 Å². The van der Waals surface area contributed by atoms with Crippen LogP contribution in [0.2, 0.25) is 0 Å². The van der Waals surface area contributed by atoms with E-state index >= 15 is 0 Å². The van der Waals surface area contributed by atoms with Gasteiger partial charge in [-0.25, -0.2) is 0 Å². The Labute approximate surface area is 223 Å². The average Bonchev–Trinajstić information content (AvgIpc) is 3.30. The molecule has 0 N–H and O–H groups in total. The van der Waals surface area contributed by atoms with Gasteiger partial charge < -0.3 is 0 Å². The molecule has 2 aromatic carbocycles. The standard InChI is InChI=1S/C31H42O.2C2H6/c1-6-10-13-24(9-4)26-16-15-22(5)29(21-26)31-25(14-11-12-23(7-2)8-3)17-18-27-28(31)19-20-30(27)32;2*1-2/h13,15-18,21,23H,6-12,14,19-20H2,1-5H3;2*1-2H3/b24-13+;;. The van der Waals surface area contributed by atoms with Crippen molar-refractivity contribution >= 4 is 11.4 Å². The lowest BCUT2D eigenvalue weighted by Crippen LogP contribution is -2.02. The number of carbonyl (C=O) groups excluding carboxylic acids is 1. The quantitative estimate of drug-likeness (QED) is 0.306. The van der Waals surface area contributed by atoms with Gasteiger partial charge in [-0.2, -0.15) is 0 Å². The number of hydrogen-bond donors (Lipinski definition) is 0. The molecule has 0 unspecified atom stereocenters. The van der Waals surface area contributed by atoms with E-state index in [4.69, 9.17) is 0 Å². The zero-order valence-corrected chi connectivity index (χ0v) is 25.0. The predicted octanol–water partition coefficient (Wildman–Crippen LogP) is 11.2. The van der Waals surface area contributed by atoms with Crippen LogP contribution in [0.4, 0.5) is 0 Å². The molecule has 0 bridgehead atoms. The molecule has 3 rings (SSSR count). The first-order chi connectivity index (χ1) is 17.5. The molecule has 1 heteroatoms. The zero-order chi connectivity index (χ0) is 27.1. The van der Waals surface area contributed by atoms with E-state index in [9.17, 15) is 4.79 Å². The van der Waals surface area contributed by atoms with Crippen LogP contribution in [0.15, 0.2) is 36.4 Å². The van der Waals surface area contributed by atoms with E-state index in [2.05, 4.69) is 71.0 Å². The van der Waals surface area contributed by atoms with Crippen molar-refractivity contribution in [2.45, 2.75) is 127 Å².